The van der Waals surface area contributed by atoms with Crippen molar-refractivity contribution < 1.29 is 9.59 Å². The van der Waals surface area contributed by atoms with Crippen molar-refractivity contribution >= 4 is 33.3 Å². The largest absolute Gasteiger partial charge is 0.325 e. The molecule has 0 bridgehead atoms. The molecule has 108 valence electrons. The summed E-state index contributed by atoms with van der Waals surface area (Å²) in [5.74, 6) is 0.437. The smallest absolute Gasteiger partial charge is 0.238 e. The highest BCUT2D eigenvalue weighted by molar-refractivity contribution is 9.10. The van der Waals surface area contributed by atoms with Crippen molar-refractivity contribution in [3.05, 3.63) is 28.7 Å². The van der Waals surface area contributed by atoms with Crippen LogP contribution in [-0.4, -0.2) is 36.2 Å². The fourth-order valence-corrected chi connectivity index (χ4v) is 2.87. The highest BCUT2D eigenvalue weighted by atomic mass is 79.9. The lowest BCUT2D eigenvalue weighted by Gasteiger charge is -2.30. The number of benzene rings is 1. The molecular formula is C15H19BrN2O2. The van der Waals surface area contributed by atoms with Crippen molar-refractivity contribution in [2.24, 2.45) is 5.92 Å². The number of nitrogens with one attached hydrogen (secondary N) is 1. The fraction of sp³-hybridized carbons (Fsp3) is 0.467. The van der Waals surface area contributed by atoms with Gasteiger partial charge in [0.2, 0.25) is 5.91 Å². The van der Waals surface area contributed by atoms with Gasteiger partial charge in [-0.25, -0.2) is 0 Å². The van der Waals surface area contributed by atoms with Crippen molar-refractivity contribution in [2.75, 3.05) is 25.0 Å². The standard InChI is InChI=1S/C15H19BrN2O2/c1-11(19)12-5-7-18(8-6-12)10-15(20)17-14-4-2-3-13(16)9-14/h2-4,9,12H,5-8,10H2,1H3,(H,17,20). The monoisotopic (exact) mass is 338 g/mol. The number of hydrogen-bond acceptors (Lipinski definition) is 3. The first kappa shape index (κ1) is 15.2. The molecule has 0 aromatic heterocycles. The number of Topliss-reactive ketones (excluding diaryl/α,β-unsaturated/α-hetero) is 1. The van der Waals surface area contributed by atoms with Gasteiger partial charge in [-0.2, -0.15) is 0 Å². The van der Waals surface area contributed by atoms with Crippen LogP contribution in [0.4, 0.5) is 5.69 Å². The molecule has 4 nitrogen and oxygen atoms in total. The molecule has 0 atom stereocenters. The zero-order valence-electron chi connectivity index (χ0n) is 11.6. The zero-order chi connectivity index (χ0) is 14.5. The van der Waals surface area contributed by atoms with Crippen molar-refractivity contribution in [2.45, 2.75) is 19.8 Å². The predicted molar refractivity (Wildman–Crippen MR) is 82.6 cm³/mol. The van der Waals surface area contributed by atoms with Gasteiger partial charge < -0.3 is 5.32 Å². The first-order valence-corrected chi connectivity index (χ1v) is 7.62. The van der Waals surface area contributed by atoms with Crippen molar-refractivity contribution in [3.8, 4) is 0 Å². The molecule has 1 N–H and O–H groups in total. The van der Waals surface area contributed by atoms with Crippen LogP contribution in [0.15, 0.2) is 28.7 Å². The van der Waals surface area contributed by atoms with E-state index in [2.05, 4.69) is 26.1 Å². The summed E-state index contributed by atoms with van der Waals surface area (Å²) in [6.07, 6.45) is 1.72. The molecule has 5 heteroatoms. The molecule has 0 unspecified atom stereocenters. The Hall–Kier alpha value is -1.20. The minimum Gasteiger partial charge on any atom is -0.325 e. The van der Waals surface area contributed by atoms with E-state index in [1.165, 1.54) is 0 Å². The lowest BCUT2D eigenvalue weighted by Crippen LogP contribution is -2.40. The molecule has 0 radical (unpaired) electrons. The Kier molecular flexibility index (Phi) is 5.31. The molecular weight excluding hydrogens is 320 g/mol. The van der Waals surface area contributed by atoms with Gasteiger partial charge in [0.15, 0.2) is 0 Å². The Morgan fingerprint density at radius 3 is 2.65 bits per heavy atom. The van der Waals surface area contributed by atoms with Crippen LogP contribution < -0.4 is 5.32 Å². The third kappa shape index (κ3) is 4.42. The average Bonchev–Trinajstić information content (AvgIpc) is 2.39. The lowest BCUT2D eigenvalue weighted by atomic mass is 9.93. The number of piperidine rings is 1. The number of likely N-dealkylation sites (tertiary alicyclic amines) is 1. The fourth-order valence-electron chi connectivity index (χ4n) is 2.47. The molecule has 1 aliphatic rings. The molecule has 1 heterocycles. The molecule has 0 spiro atoms. The average molecular weight is 339 g/mol. The van der Waals surface area contributed by atoms with Gasteiger partial charge in [-0.1, -0.05) is 22.0 Å². The summed E-state index contributed by atoms with van der Waals surface area (Å²) in [6.45, 7) is 3.67. The summed E-state index contributed by atoms with van der Waals surface area (Å²) in [7, 11) is 0. The Bertz CT molecular complexity index is 496. The molecule has 1 aliphatic heterocycles. The van der Waals surface area contributed by atoms with Gasteiger partial charge in [-0.05, 0) is 51.1 Å². The number of carbonyl (C=O) groups excluding carboxylic acids is 2. The van der Waals surface area contributed by atoms with Gasteiger partial charge in [0.25, 0.3) is 0 Å². The number of carbonyl (C=O) groups is 2. The van der Waals surface area contributed by atoms with E-state index in [-0.39, 0.29) is 17.6 Å². The number of amides is 1. The summed E-state index contributed by atoms with van der Waals surface area (Å²) < 4.78 is 0.942. The molecule has 1 aromatic carbocycles. The summed E-state index contributed by atoms with van der Waals surface area (Å²) in [5, 5.41) is 2.89. The Labute approximate surface area is 127 Å². The molecule has 0 aliphatic carbocycles. The van der Waals surface area contributed by atoms with E-state index in [0.29, 0.717) is 6.54 Å². The number of nitrogens with zero attached hydrogens (tertiary/aromatic N) is 1. The molecule has 0 saturated carbocycles. The van der Waals surface area contributed by atoms with Gasteiger partial charge in [0.05, 0.1) is 6.54 Å². The Morgan fingerprint density at radius 1 is 1.35 bits per heavy atom. The number of hydrogen-bond donors (Lipinski definition) is 1. The van der Waals surface area contributed by atoms with Crippen LogP contribution in [0.25, 0.3) is 0 Å². The quantitative estimate of drug-likeness (QED) is 0.918. The second-order valence-electron chi connectivity index (χ2n) is 5.22. The highest BCUT2D eigenvalue weighted by Crippen LogP contribution is 2.18. The predicted octanol–water partition coefficient (Wildman–Crippen LogP) is 2.69. The molecule has 2 rings (SSSR count). The second kappa shape index (κ2) is 6.99. The van der Waals surface area contributed by atoms with E-state index < -0.39 is 0 Å². The summed E-state index contributed by atoms with van der Waals surface area (Å²) in [4.78, 5) is 25.4. The Balaban J connectivity index is 1.80. The van der Waals surface area contributed by atoms with E-state index in [1.807, 2.05) is 24.3 Å². The molecule has 1 fully saturated rings. The molecule has 1 amide bonds. The molecule has 1 aromatic rings. The van der Waals surface area contributed by atoms with Crippen LogP contribution in [0.5, 0.6) is 0 Å². The van der Waals surface area contributed by atoms with E-state index in [4.69, 9.17) is 0 Å². The van der Waals surface area contributed by atoms with E-state index in [1.54, 1.807) is 6.92 Å². The highest BCUT2D eigenvalue weighted by Gasteiger charge is 2.23. The van der Waals surface area contributed by atoms with Crippen LogP contribution >= 0.6 is 15.9 Å². The van der Waals surface area contributed by atoms with Crippen molar-refractivity contribution in [3.63, 3.8) is 0 Å². The van der Waals surface area contributed by atoms with E-state index in [9.17, 15) is 9.59 Å². The number of halogens is 1. The van der Waals surface area contributed by atoms with E-state index in [0.717, 1.165) is 36.1 Å². The van der Waals surface area contributed by atoms with Gasteiger partial charge in [-0.3, -0.25) is 14.5 Å². The van der Waals surface area contributed by atoms with E-state index >= 15 is 0 Å². The van der Waals surface area contributed by atoms with Gasteiger partial charge in [0, 0.05) is 16.1 Å². The zero-order valence-corrected chi connectivity index (χ0v) is 13.1. The van der Waals surface area contributed by atoms with Gasteiger partial charge in [0.1, 0.15) is 5.78 Å². The van der Waals surface area contributed by atoms with Crippen LogP contribution in [0.1, 0.15) is 19.8 Å². The van der Waals surface area contributed by atoms with Crippen LogP contribution in [0, 0.1) is 5.92 Å². The maximum absolute atomic E-state index is 12.0. The maximum Gasteiger partial charge on any atom is 0.238 e. The molecule has 20 heavy (non-hydrogen) atoms. The third-order valence-corrected chi connectivity index (χ3v) is 4.13. The third-order valence-electron chi connectivity index (χ3n) is 3.64. The SMILES string of the molecule is CC(=O)C1CCN(CC(=O)Nc2cccc(Br)c2)CC1. The number of rotatable bonds is 4. The van der Waals surface area contributed by atoms with Gasteiger partial charge >= 0.3 is 0 Å². The normalized spacial score (nSPS) is 16.9. The summed E-state index contributed by atoms with van der Waals surface area (Å²) >= 11 is 3.38. The van der Waals surface area contributed by atoms with Gasteiger partial charge in [-0.15, -0.1) is 0 Å². The maximum atomic E-state index is 12.0. The Morgan fingerprint density at radius 2 is 2.05 bits per heavy atom. The summed E-state index contributed by atoms with van der Waals surface area (Å²) in [5.41, 5.74) is 0.794. The molecule has 1 saturated heterocycles. The van der Waals surface area contributed by atoms with Crippen LogP contribution in [0.3, 0.4) is 0 Å². The van der Waals surface area contributed by atoms with Crippen LogP contribution in [0.2, 0.25) is 0 Å². The van der Waals surface area contributed by atoms with Crippen LogP contribution in [-0.2, 0) is 9.59 Å². The minimum atomic E-state index is -0.00984. The second-order valence-corrected chi connectivity index (χ2v) is 6.14. The lowest BCUT2D eigenvalue weighted by molar-refractivity contribution is -0.122. The number of anilines is 1. The summed E-state index contributed by atoms with van der Waals surface area (Å²) in [6, 6.07) is 7.55. The first-order chi connectivity index (χ1) is 9.54. The minimum absolute atomic E-state index is 0.00984. The topological polar surface area (TPSA) is 49.4 Å². The van der Waals surface area contributed by atoms with Crippen molar-refractivity contribution in [1.29, 1.82) is 0 Å². The number of ketones is 1. The first-order valence-electron chi connectivity index (χ1n) is 6.83. The van der Waals surface area contributed by atoms with Crippen molar-refractivity contribution in [1.82, 2.24) is 4.90 Å².